The molecule has 9 heteroatoms. The van der Waals surface area contributed by atoms with E-state index in [0.717, 1.165) is 5.56 Å². The van der Waals surface area contributed by atoms with E-state index in [9.17, 15) is 13.2 Å². The van der Waals surface area contributed by atoms with Gasteiger partial charge in [0.25, 0.3) is 0 Å². The Morgan fingerprint density at radius 1 is 1.10 bits per heavy atom. The average Bonchev–Trinajstić information content (AvgIpc) is 2.96. The molecule has 2 heterocycles. The van der Waals surface area contributed by atoms with Crippen molar-refractivity contribution in [3.8, 4) is 11.4 Å². The van der Waals surface area contributed by atoms with Crippen molar-refractivity contribution in [1.29, 1.82) is 0 Å². The highest BCUT2D eigenvalue weighted by molar-refractivity contribution is 7.89. The summed E-state index contributed by atoms with van der Waals surface area (Å²) in [7, 11) is -2.05. The molecule has 3 aromatic rings. The van der Waals surface area contributed by atoms with E-state index in [4.69, 9.17) is 0 Å². The molecule has 0 bridgehead atoms. The molecule has 154 valence electrons. The molecule has 0 radical (unpaired) electrons. The van der Waals surface area contributed by atoms with Crippen LogP contribution in [0.5, 0.6) is 0 Å². The van der Waals surface area contributed by atoms with E-state index in [1.54, 1.807) is 37.6 Å². The lowest BCUT2D eigenvalue weighted by atomic mass is 9.87. The summed E-state index contributed by atoms with van der Waals surface area (Å²) >= 11 is 0. The van der Waals surface area contributed by atoms with Crippen molar-refractivity contribution in [1.82, 2.24) is 24.1 Å². The lowest BCUT2D eigenvalue weighted by molar-refractivity contribution is 0.550. The first kappa shape index (κ1) is 20.9. The first-order chi connectivity index (χ1) is 13.6. The van der Waals surface area contributed by atoms with Crippen LogP contribution in [0.1, 0.15) is 26.3 Å². The van der Waals surface area contributed by atoms with Crippen molar-refractivity contribution >= 4 is 10.0 Å². The number of nitrogens with zero attached hydrogens (tertiary/aromatic N) is 4. The van der Waals surface area contributed by atoms with Crippen LogP contribution in [0.3, 0.4) is 0 Å². The van der Waals surface area contributed by atoms with Gasteiger partial charge in [-0.05, 0) is 35.2 Å². The summed E-state index contributed by atoms with van der Waals surface area (Å²) in [6.45, 7) is 6.37. The van der Waals surface area contributed by atoms with E-state index in [1.807, 2.05) is 18.2 Å². The third-order valence-corrected chi connectivity index (χ3v) is 6.08. The quantitative estimate of drug-likeness (QED) is 0.663. The van der Waals surface area contributed by atoms with Gasteiger partial charge in [0.2, 0.25) is 10.0 Å². The number of nitrogens with one attached hydrogen (secondary N) is 1. The Morgan fingerprint density at radius 3 is 2.38 bits per heavy atom. The Bertz CT molecular complexity index is 1140. The predicted molar refractivity (Wildman–Crippen MR) is 111 cm³/mol. The second-order valence-corrected chi connectivity index (χ2v) is 9.57. The number of pyridine rings is 1. The molecule has 0 saturated carbocycles. The Kier molecular flexibility index (Phi) is 5.72. The Balaban J connectivity index is 1.70. The van der Waals surface area contributed by atoms with Gasteiger partial charge in [-0.15, -0.1) is 5.10 Å². The fourth-order valence-electron chi connectivity index (χ4n) is 2.88. The van der Waals surface area contributed by atoms with Crippen LogP contribution in [0.4, 0.5) is 0 Å². The van der Waals surface area contributed by atoms with Crippen molar-refractivity contribution in [3.05, 3.63) is 64.8 Å². The second-order valence-electron chi connectivity index (χ2n) is 7.80. The largest absolute Gasteiger partial charge is 0.345 e. The number of rotatable bonds is 6. The first-order valence-electron chi connectivity index (χ1n) is 9.24. The molecule has 8 nitrogen and oxygen atoms in total. The van der Waals surface area contributed by atoms with Gasteiger partial charge in [-0.1, -0.05) is 32.9 Å². The SMILES string of the molecule is Cn1c(-c2cccnc2)nn(CCNS(=O)(=O)c2ccc(C(C)(C)C)cc2)c1=O. The Hall–Kier alpha value is -2.78. The zero-order valence-electron chi connectivity index (χ0n) is 17.0. The highest BCUT2D eigenvalue weighted by Gasteiger charge is 2.18. The number of hydrogen-bond acceptors (Lipinski definition) is 5. The van der Waals surface area contributed by atoms with E-state index in [1.165, 1.54) is 9.25 Å². The molecule has 0 aliphatic heterocycles. The Labute approximate surface area is 170 Å². The van der Waals surface area contributed by atoms with Crippen molar-refractivity contribution in [3.63, 3.8) is 0 Å². The van der Waals surface area contributed by atoms with E-state index in [2.05, 4.69) is 35.6 Å². The first-order valence-corrected chi connectivity index (χ1v) is 10.7. The lowest BCUT2D eigenvalue weighted by Crippen LogP contribution is -2.31. The van der Waals surface area contributed by atoms with Crippen LogP contribution >= 0.6 is 0 Å². The third-order valence-electron chi connectivity index (χ3n) is 4.61. The smallest absolute Gasteiger partial charge is 0.278 e. The average molecular weight is 416 g/mol. The van der Waals surface area contributed by atoms with Gasteiger partial charge in [-0.25, -0.2) is 22.6 Å². The second kappa shape index (κ2) is 7.92. The maximum absolute atomic E-state index is 12.5. The number of sulfonamides is 1. The fourth-order valence-corrected chi connectivity index (χ4v) is 3.90. The highest BCUT2D eigenvalue weighted by Crippen LogP contribution is 2.23. The minimum absolute atomic E-state index is 0.0484. The molecule has 2 aromatic heterocycles. The van der Waals surface area contributed by atoms with Gasteiger partial charge in [-0.2, -0.15) is 0 Å². The maximum Gasteiger partial charge on any atom is 0.345 e. The van der Waals surface area contributed by atoms with Crippen molar-refractivity contribution in [2.75, 3.05) is 6.54 Å². The number of aromatic nitrogens is 4. The standard InChI is InChI=1S/C20H25N5O3S/c1-20(2,3)16-7-9-17(10-8-16)29(27,28)22-12-13-25-19(26)24(4)18(23-25)15-6-5-11-21-14-15/h5-11,14,22H,12-13H2,1-4H3. The van der Waals surface area contributed by atoms with E-state index >= 15 is 0 Å². The summed E-state index contributed by atoms with van der Waals surface area (Å²) in [5.41, 5.74) is 1.39. The van der Waals surface area contributed by atoms with Crippen molar-refractivity contribution in [2.45, 2.75) is 37.6 Å². The zero-order chi connectivity index (χ0) is 21.2. The Morgan fingerprint density at radius 2 is 1.79 bits per heavy atom. The molecule has 1 aromatic carbocycles. The molecule has 0 amide bonds. The summed E-state index contributed by atoms with van der Waals surface area (Å²) < 4.78 is 30.2. The van der Waals surface area contributed by atoms with E-state index < -0.39 is 10.0 Å². The molecule has 0 atom stereocenters. The van der Waals surface area contributed by atoms with Crippen molar-refractivity contribution < 1.29 is 8.42 Å². The summed E-state index contributed by atoms with van der Waals surface area (Å²) in [6, 6.07) is 10.4. The number of benzene rings is 1. The van der Waals surface area contributed by atoms with Crippen LogP contribution in [0.2, 0.25) is 0 Å². The molecule has 29 heavy (non-hydrogen) atoms. The maximum atomic E-state index is 12.5. The molecule has 0 fully saturated rings. The van der Waals surface area contributed by atoms with Crippen molar-refractivity contribution in [2.24, 2.45) is 7.05 Å². The zero-order valence-corrected chi connectivity index (χ0v) is 17.8. The fraction of sp³-hybridized carbons (Fsp3) is 0.350. The van der Waals surface area contributed by atoms with Gasteiger partial charge in [0, 0.05) is 31.5 Å². The molecule has 3 rings (SSSR count). The molecule has 1 N–H and O–H groups in total. The van der Waals surface area contributed by atoms with E-state index in [-0.39, 0.29) is 29.1 Å². The number of hydrogen-bond donors (Lipinski definition) is 1. The van der Waals surface area contributed by atoms with Gasteiger partial charge in [0.05, 0.1) is 11.4 Å². The normalized spacial score (nSPS) is 12.3. The minimum atomic E-state index is -3.67. The lowest BCUT2D eigenvalue weighted by Gasteiger charge is -2.19. The summed E-state index contributed by atoms with van der Waals surface area (Å²) in [5.74, 6) is 0.476. The van der Waals surface area contributed by atoms with Crippen LogP contribution in [0.15, 0.2) is 58.5 Å². The topological polar surface area (TPSA) is 98.9 Å². The van der Waals surface area contributed by atoms with Crippen LogP contribution in [0.25, 0.3) is 11.4 Å². The van der Waals surface area contributed by atoms with Gasteiger partial charge in [-0.3, -0.25) is 9.55 Å². The highest BCUT2D eigenvalue weighted by atomic mass is 32.2. The van der Waals surface area contributed by atoms with Gasteiger partial charge in [0.1, 0.15) is 0 Å². The monoisotopic (exact) mass is 415 g/mol. The minimum Gasteiger partial charge on any atom is -0.278 e. The molecule has 0 saturated heterocycles. The molecule has 0 aliphatic carbocycles. The van der Waals surface area contributed by atoms with E-state index in [0.29, 0.717) is 11.4 Å². The molecule has 0 unspecified atom stereocenters. The third kappa shape index (κ3) is 4.63. The molecular formula is C20H25N5O3S. The van der Waals surface area contributed by atoms with Gasteiger partial charge >= 0.3 is 5.69 Å². The van der Waals surface area contributed by atoms with Crippen LogP contribution in [-0.2, 0) is 29.0 Å². The summed E-state index contributed by atoms with van der Waals surface area (Å²) in [5, 5.41) is 4.30. The molecule has 0 spiro atoms. The van der Waals surface area contributed by atoms with Crippen LogP contribution < -0.4 is 10.4 Å². The summed E-state index contributed by atoms with van der Waals surface area (Å²) in [4.78, 5) is 16.6. The van der Waals surface area contributed by atoms with Crippen LogP contribution in [-0.4, -0.2) is 34.3 Å². The van der Waals surface area contributed by atoms with Gasteiger partial charge < -0.3 is 0 Å². The molecular weight excluding hydrogens is 390 g/mol. The van der Waals surface area contributed by atoms with Crippen LogP contribution in [0, 0.1) is 0 Å². The predicted octanol–water partition coefficient (Wildman–Crippen LogP) is 1.92. The summed E-state index contributed by atoms with van der Waals surface area (Å²) in [6.07, 6.45) is 3.26. The molecule has 0 aliphatic rings. The van der Waals surface area contributed by atoms with Gasteiger partial charge in [0.15, 0.2) is 5.82 Å².